The van der Waals surface area contributed by atoms with Gasteiger partial charge >= 0.3 is 5.63 Å². The monoisotopic (exact) mass is 233 g/mol. The van der Waals surface area contributed by atoms with E-state index in [2.05, 4.69) is 0 Å². The summed E-state index contributed by atoms with van der Waals surface area (Å²) in [7, 11) is 5.44. The largest absolute Gasteiger partial charge is 0.497 e. The van der Waals surface area contributed by atoms with E-state index in [9.17, 15) is 4.79 Å². The Morgan fingerprint density at radius 1 is 1.29 bits per heavy atom. The first-order valence-corrected chi connectivity index (χ1v) is 5.35. The van der Waals surface area contributed by atoms with E-state index in [-0.39, 0.29) is 5.63 Å². The summed E-state index contributed by atoms with van der Waals surface area (Å²) < 4.78 is 10.4. The normalized spacial score (nSPS) is 11.1. The van der Waals surface area contributed by atoms with E-state index in [1.807, 2.05) is 31.1 Å². The van der Waals surface area contributed by atoms with Crippen molar-refractivity contribution in [3.8, 4) is 5.75 Å². The van der Waals surface area contributed by atoms with Crippen molar-refractivity contribution in [3.05, 3.63) is 40.2 Å². The molecule has 1 aromatic heterocycles. The third kappa shape index (κ3) is 2.47. The van der Waals surface area contributed by atoms with Gasteiger partial charge in [-0.3, -0.25) is 0 Å². The van der Waals surface area contributed by atoms with Crippen LogP contribution in [0.3, 0.4) is 0 Å². The van der Waals surface area contributed by atoms with Gasteiger partial charge < -0.3 is 14.1 Å². The Morgan fingerprint density at radius 3 is 2.71 bits per heavy atom. The zero-order chi connectivity index (χ0) is 12.4. The van der Waals surface area contributed by atoms with Gasteiger partial charge in [0.05, 0.1) is 12.7 Å². The van der Waals surface area contributed by atoms with Crippen molar-refractivity contribution in [2.75, 3.05) is 21.2 Å². The third-order valence-electron chi connectivity index (χ3n) is 2.50. The summed E-state index contributed by atoms with van der Waals surface area (Å²) in [6.45, 7) is 0.565. The van der Waals surface area contributed by atoms with Gasteiger partial charge in [-0.2, -0.15) is 0 Å². The number of ether oxygens (including phenoxy) is 1. The second-order valence-corrected chi connectivity index (χ2v) is 4.20. The molecular formula is C13H15NO3. The molecule has 4 nitrogen and oxygen atoms in total. The maximum Gasteiger partial charge on any atom is 0.340 e. The molecule has 0 aliphatic rings. The first kappa shape index (κ1) is 11.7. The Balaban J connectivity index is 2.56. The molecule has 0 bridgehead atoms. The summed E-state index contributed by atoms with van der Waals surface area (Å²) in [5.74, 6) is 0.752. The van der Waals surface area contributed by atoms with Crippen LogP contribution in [0.25, 0.3) is 11.0 Å². The van der Waals surface area contributed by atoms with Gasteiger partial charge in [0.25, 0.3) is 0 Å². The fourth-order valence-electron chi connectivity index (χ4n) is 1.72. The molecule has 2 rings (SSSR count). The van der Waals surface area contributed by atoms with Crippen LogP contribution in [0.5, 0.6) is 5.75 Å². The van der Waals surface area contributed by atoms with E-state index in [1.165, 1.54) is 0 Å². The van der Waals surface area contributed by atoms with E-state index in [4.69, 9.17) is 9.15 Å². The van der Waals surface area contributed by atoms with Gasteiger partial charge in [0, 0.05) is 11.9 Å². The molecule has 0 aliphatic carbocycles. The molecule has 0 N–H and O–H groups in total. The van der Waals surface area contributed by atoms with E-state index < -0.39 is 0 Å². The lowest BCUT2D eigenvalue weighted by Gasteiger charge is -2.09. The Morgan fingerprint density at radius 2 is 2.06 bits per heavy atom. The maximum atomic E-state index is 11.7. The topological polar surface area (TPSA) is 42.7 Å². The number of hydrogen-bond donors (Lipinski definition) is 0. The molecule has 0 saturated carbocycles. The number of hydrogen-bond acceptors (Lipinski definition) is 4. The van der Waals surface area contributed by atoms with Gasteiger partial charge in [0.2, 0.25) is 0 Å². The molecule has 1 heterocycles. The summed E-state index contributed by atoms with van der Waals surface area (Å²) in [5, 5.41) is 0.876. The fraction of sp³-hybridized carbons (Fsp3) is 0.308. The zero-order valence-electron chi connectivity index (χ0n) is 10.2. The van der Waals surface area contributed by atoms with Crippen molar-refractivity contribution in [2.45, 2.75) is 6.54 Å². The van der Waals surface area contributed by atoms with Crippen LogP contribution in [0, 0.1) is 0 Å². The van der Waals surface area contributed by atoms with E-state index in [1.54, 1.807) is 19.2 Å². The van der Waals surface area contributed by atoms with Crippen LogP contribution in [-0.2, 0) is 6.54 Å². The lowest BCUT2D eigenvalue weighted by Crippen LogP contribution is -2.17. The Bertz CT molecular complexity index is 587. The average molecular weight is 233 g/mol. The van der Waals surface area contributed by atoms with E-state index >= 15 is 0 Å². The van der Waals surface area contributed by atoms with Crippen LogP contribution in [0.4, 0.5) is 0 Å². The highest BCUT2D eigenvalue weighted by atomic mass is 16.5. The van der Waals surface area contributed by atoms with Gasteiger partial charge in [-0.05, 0) is 38.4 Å². The number of benzene rings is 1. The standard InChI is InChI=1S/C13H15NO3/c1-14(2)8-10-6-9-7-11(16-3)4-5-12(9)17-13(10)15/h4-7H,8H2,1-3H3. The van der Waals surface area contributed by atoms with Crippen molar-refractivity contribution >= 4 is 11.0 Å². The molecule has 0 spiro atoms. The molecule has 1 aromatic carbocycles. The predicted octanol–water partition coefficient (Wildman–Crippen LogP) is 1.86. The highest BCUT2D eigenvalue weighted by Crippen LogP contribution is 2.20. The van der Waals surface area contributed by atoms with Gasteiger partial charge in [0.15, 0.2) is 0 Å². The van der Waals surface area contributed by atoms with Gasteiger partial charge in [-0.25, -0.2) is 4.79 Å². The molecule has 17 heavy (non-hydrogen) atoms. The number of nitrogens with zero attached hydrogens (tertiary/aromatic N) is 1. The summed E-state index contributed by atoms with van der Waals surface area (Å²) in [4.78, 5) is 13.6. The minimum absolute atomic E-state index is 0.281. The van der Waals surface area contributed by atoms with Crippen LogP contribution in [0.1, 0.15) is 5.56 Å². The summed E-state index contributed by atoms with van der Waals surface area (Å²) >= 11 is 0. The molecule has 4 heteroatoms. The van der Waals surface area contributed by atoms with Gasteiger partial charge in [-0.15, -0.1) is 0 Å². The van der Waals surface area contributed by atoms with E-state index in [0.29, 0.717) is 17.7 Å². The van der Waals surface area contributed by atoms with Crippen molar-refractivity contribution < 1.29 is 9.15 Å². The second-order valence-electron chi connectivity index (χ2n) is 4.20. The molecule has 0 fully saturated rings. The minimum Gasteiger partial charge on any atom is -0.497 e. The quantitative estimate of drug-likeness (QED) is 0.759. The van der Waals surface area contributed by atoms with Crippen molar-refractivity contribution in [2.24, 2.45) is 0 Å². The second kappa shape index (κ2) is 4.59. The molecule has 0 amide bonds. The van der Waals surface area contributed by atoms with Crippen LogP contribution < -0.4 is 10.4 Å². The summed E-state index contributed by atoms with van der Waals surface area (Å²) in [6, 6.07) is 7.23. The maximum absolute atomic E-state index is 11.7. The highest BCUT2D eigenvalue weighted by Gasteiger charge is 2.07. The molecule has 0 saturated heterocycles. The highest BCUT2D eigenvalue weighted by molar-refractivity contribution is 5.78. The molecule has 0 radical (unpaired) electrons. The van der Waals surface area contributed by atoms with Crippen molar-refractivity contribution in [1.82, 2.24) is 4.90 Å². The van der Waals surface area contributed by atoms with Crippen LogP contribution in [0.15, 0.2) is 33.5 Å². The lowest BCUT2D eigenvalue weighted by molar-refractivity contribution is 0.392. The van der Waals surface area contributed by atoms with Crippen molar-refractivity contribution in [3.63, 3.8) is 0 Å². The molecule has 0 unspecified atom stereocenters. The fourth-order valence-corrected chi connectivity index (χ4v) is 1.72. The predicted molar refractivity (Wildman–Crippen MR) is 66.4 cm³/mol. The summed E-state index contributed by atoms with van der Waals surface area (Å²) in [5.41, 5.74) is 0.949. The van der Waals surface area contributed by atoms with Crippen LogP contribution >= 0.6 is 0 Å². The summed E-state index contributed by atoms with van der Waals surface area (Å²) in [6.07, 6.45) is 0. The Hall–Kier alpha value is -1.81. The first-order chi connectivity index (χ1) is 8.10. The smallest absolute Gasteiger partial charge is 0.340 e. The molecular weight excluding hydrogens is 218 g/mol. The molecule has 2 aromatic rings. The average Bonchev–Trinajstić information content (AvgIpc) is 2.29. The molecule has 0 atom stereocenters. The lowest BCUT2D eigenvalue weighted by atomic mass is 10.1. The SMILES string of the molecule is COc1ccc2oc(=O)c(CN(C)C)cc2c1. The molecule has 90 valence electrons. The van der Waals surface area contributed by atoms with Gasteiger partial charge in [0.1, 0.15) is 11.3 Å². The number of rotatable bonds is 3. The van der Waals surface area contributed by atoms with Crippen LogP contribution in [0.2, 0.25) is 0 Å². The Kier molecular flexibility index (Phi) is 3.15. The first-order valence-electron chi connectivity index (χ1n) is 5.35. The zero-order valence-corrected chi connectivity index (χ0v) is 10.2. The van der Waals surface area contributed by atoms with Crippen molar-refractivity contribution in [1.29, 1.82) is 0 Å². The van der Waals surface area contributed by atoms with Gasteiger partial charge in [-0.1, -0.05) is 0 Å². The third-order valence-corrected chi connectivity index (χ3v) is 2.50. The van der Waals surface area contributed by atoms with Crippen LogP contribution in [-0.4, -0.2) is 26.1 Å². The number of methoxy groups -OCH3 is 1. The molecule has 0 aliphatic heterocycles. The minimum atomic E-state index is -0.281. The van der Waals surface area contributed by atoms with E-state index in [0.717, 1.165) is 11.1 Å². The number of fused-ring (bicyclic) bond motifs is 1. The Labute approximate surface area is 99.4 Å².